The minimum Gasteiger partial charge on any atom is -0.495 e. The van der Waals surface area contributed by atoms with Gasteiger partial charge in [0.15, 0.2) is 0 Å². The van der Waals surface area contributed by atoms with E-state index in [0.29, 0.717) is 5.69 Å². The lowest BCUT2D eigenvalue weighted by Gasteiger charge is -2.24. The molecule has 0 aliphatic carbocycles. The van der Waals surface area contributed by atoms with Crippen molar-refractivity contribution in [2.24, 2.45) is 0 Å². The highest BCUT2D eigenvalue weighted by atomic mass is 16.5. The number of quaternary nitrogens is 1. The Labute approximate surface area is 85.7 Å². The summed E-state index contributed by atoms with van der Waals surface area (Å²) in [6.45, 7) is 0.966. The first kappa shape index (κ1) is 10.9. The first-order valence-corrected chi connectivity index (χ1v) is 4.65. The second-order valence-electron chi connectivity index (χ2n) is 4.52. The summed E-state index contributed by atoms with van der Waals surface area (Å²) < 4.78 is 5.99. The van der Waals surface area contributed by atoms with Crippen molar-refractivity contribution in [3.05, 3.63) is 23.8 Å². The van der Waals surface area contributed by atoms with E-state index in [1.54, 1.807) is 7.11 Å². The molecule has 1 aromatic carbocycles. The van der Waals surface area contributed by atoms with Gasteiger partial charge in [0.2, 0.25) is 0 Å². The van der Waals surface area contributed by atoms with Crippen molar-refractivity contribution in [3.8, 4) is 5.75 Å². The molecule has 0 unspecified atom stereocenters. The number of nitrogens with two attached hydrogens (primary N) is 1. The van der Waals surface area contributed by atoms with Crippen molar-refractivity contribution < 1.29 is 9.22 Å². The van der Waals surface area contributed by atoms with Crippen molar-refractivity contribution >= 4 is 5.69 Å². The first-order valence-electron chi connectivity index (χ1n) is 4.65. The number of methoxy groups -OCH3 is 1. The molecule has 0 aliphatic heterocycles. The van der Waals surface area contributed by atoms with Gasteiger partial charge in [-0.05, 0) is 18.2 Å². The first-order chi connectivity index (χ1) is 6.42. The minimum absolute atomic E-state index is 0.707. The molecule has 3 nitrogen and oxygen atoms in total. The van der Waals surface area contributed by atoms with Gasteiger partial charge in [0, 0.05) is 5.56 Å². The zero-order valence-electron chi connectivity index (χ0n) is 9.37. The fourth-order valence-corrected chi connectivity index (χ4v) is 1.43. The van der Waals surface area contributed by atoms with Crippen LogP contribution in [0.4, 0.5) is 5.69 Å². The number of hydrogen-bond donors (Lipinski definition) is 1. The lowest BCUT2D eigenvalue weighted by Crippen LogP contribution is -2.33. The van der Waals surface area contributed by atoms with Crippen LogP contribution >= 0.6 is 0 Å². The molecule has 0 saturated carbocycles. The Morgan fingerprint density at radius 2 is 1.93 bits per heavy atom. The summed E-state index contributed by atoms with van der Waals surface area (Å²) in [5.74, 6) is 0.746. The number of ether oxygens (including phenoxy) is 1. The van der Waals surface area contributed by atoms with Gasteiger partial charge in [-0.2, -0.15) is 0 Å². The van der Waals surface area contributed by atoms with Crippen LogP contribution in [-0.4, -0.2) is 32.7 Å². The predicted molar refractivity (Wildman–Crippen MR) is 59.1 cm³/mol. The molecular weight excluding hydrogens is 176 g/mol. The van der Waals surface area contributed by atoms with Gasteiger partial charge >= 0.3 is 0 Å². The fourth-order valence-electron chi connectivity index (χ4n) is 1.43. The Bertz CT molecular complexity index is 316. The molecule has 0 spiro atoms. The average molecular weight is 195 g/mol. The Kier molecular flexibility index (Phi) is 3.01. The zero-order chi connectivity index (χ0) is 10.8. The lowest BCUT2D eigenvalue weighted by atomic mass is 10.1. The van der Waals surface area contributed by atoms with Gasteiger partial charge in [0.1, 0.15) is 12.3 Å². The molecule has 0 atom stereocenters. The Morgan fingerprint density at radius 1 is 1.29 bits per heavy atom. The Balaban J connectivity index is 2.87. The number of hydrogen-bond acceptors (Lipinski definition) is 2. The SMILES string of the molecule is COc1ccc(C[N+](C)(C)C)cc1N. The molecule has 0 aliphatic rings. The molecule has 3 heteroatoms. The lowest BCUT2D eigenvalue weighted by molar-refractivity contribution is -0.884. The predicted octanol–water partition coefficient (Wildman–Crippen LogP) is 1.48. The molecule has 0 bridgehead atoms. The Morgan fingerprint density at radius 3 is 2.36 bits per heavy atom. The van der Waals surface area contributed by atoms with Gasteiger partial charge in [-0.1, -0.05) is 0 Å². The van der Waals surface area contributed by atoms with E-state index in [0.717, 1.165) is 16.8 Å². The average Bonchev–Trinajstić information content (AvgIpc) is 2.01. The molecule has 14 heavy (non-hydrogen) atoms. The molecule has 0 aromatic heterocycles. The van der Waals surface area contributed by atoms with Crippen LogP contribution in [0.3, 0.4) is 0 Å². The fraction of sp³-hybridized carbons (Fsp3) is 0.455. The summed E-state index contributed by atoms with van der Waals surface area (Å²) in [5.41, 5.74) is 7.76. The molecule has 0 amide bonds. The van der Waals surface area contributed by atoms with E-state index in [1.165, 1.54) is 5.56 Å². The standard InChI is InChI=1S/C11H19N2O/c1-13(2,3)8-9-5-6-11(14-4)10(12)7-9/h5-7H,8,12H2,1-4H3/q+1. The van der Waals surface area contributed by atoms with E-state index < -0.39 is 0 Å². The molecule has 1 rings (SSSR count). The van der Waals surface area contributed by atoms with Crippen molar-refractivity contribution in [2.75, 3.05) is 34.0 Å². The van der Waals surface area contributed by atoms with Crippen LogP contribution in [0.5, 0.6) is 5.75 Å². The maximum Gasteiger partial charge on any atom is 0.141 e. The van der Waals surface area contributed by atoms with Crippen LogP contribution in [0, 0.1) is 0 Å². The van der Waals surface area contributed by atoms with Gasteiger partial charge in [-0.25, -0.2) is 0 Å². The molecule has 0 fully saturated rings. The van der Waals surface area contributed by atoms with Crippen molar-refractivity contribution in [3.63, 3.8) is 0 Å². The second-order valence-corrected chi connectivity index (χ2v) is 4.52. The highest BCUT2D eigenvalue weighted by Gasteiger charge is 2.09. The quantitative estimate of drug-likeness (QED) is 0.585. The highest BCUT2D eigenvalue weighted by Crippen LogP contribution is 2.22. The van der Waals surface area contributed by atoms with Gasteiger partial charge in [-0.15, -0.1) is 0 Å². The van der Waals surface area contributed by atoms with E-state index in [1.807, 2.05) is 12.1 Å². The molecule has 78 valence electrons. The molecular formula is C11H19N2O+. The monoisotopic (exact) mass is 195 g/mol. The highest BCUT2D eigenvalue weighted by molar-refractivity contribution is 5.54. The molecule has 2 N–H and O–H groups in total. The zero-order valence-corrected chi connectivity index (χ0v) is 9.37. The van der Waals surface area contributed by atoms with E-state index in [4.69, 9.17) is 10.5 Å². The largest absolute Gasteiger partial charge is 0.495 e. The minimum atomic E-state index is 0.707. The molecule has 1 aromatic rings. The van der Waals surface area contributed by atoms with Gasteiger partial charge in [0.25, 0.3) is 0 Å². The summed E-state index contributed by atoms with van der Waals surface area (Å²) in [5, 5.41) is 0. The smallest absolute Gasteiger partial charge is 0.141 e. The number of rotatable bonds is 3. The van der Waals surface area contributed by atoms with Gasteiger partial charge in [0.05, 0.1) is 33.9 Å². The number of benzene rings is 1. The van der Waals surface area contributed by atoms with Gasteiger partial charge in [-0.3, -0.25) is 0 Å². The Hall–Kier alpha value is -1.22. The third-order valence-corrected chi connectivity index (χ3v) is 1.95. The van der Waals surface area contributed by atoms with E-state index in [9.17, 15) is 0 Å². The van der Waals surface area contributed by atoms with E-state index in [2.05, 4.69) is 27.2 Å². The summed E-state index contributed by atoms with van der Waals surface area (Å²) in [6, 6.07) is 5.95. The number of nitrogen functional groups attached to an aromatic ring is 1. The van der Waals surface area contributed by atoms with Gasteiger partial charge < -0.3 is 15.0 Å². The van der Waals surface area contributed by atoms with Crippen LogP contribution in [0.15, 0.2) is 18.2 Å². The maximum absolute atomic E-state index is 5.82. The van der Waals surface area contributed by atoms with Crippen LogP contribution in [0.1, 0.15) is 5.56 Å². The maximum atomic E-state index is 5.82. The van der Waals surface area contributed by atoms with Crippen LogP contribution in [-0.2, 0) is 6.54 Å². The third-order valence-electron chi connectivity index (χ3n) is 1.95. The third kappa shape index (κ3) is 2.92. The number of nitrogens with zero attached hydrogens (tertiary/aromatic N) is 1. The van der Waals surface area contributed by atoms with Crippen molar-refractivity contribution in [2.45, 2.75) is 6.54 Å². The molecule has 0 radical (unpaired) electrons. The molecule has 0 heterocycles. The van der Waals surface area contributed by atoms with Crippen LogP contribution < -0.4 is 10.5 Å². The van der Waals surface area contributed by atoms with Crippen LogP contribution in [0.2, 0.25) is 0 Å². The van der Waals surface area contributed by atoms with Crippen LogP contribution in [0.25, 0.3) is 0 Å². The van der Waals surface area contributed by atoms with Crippen molar-refractivity contribution in [1.29, 1.82) is 0 Å². The normalized spacial score (nSPS) is 11.4. The summed E-state index contributed by atoms with van der Waals surface area (Å²) >= 11 is 0. The topological polar surface area (TPSA) is 35.2 Å². The summed E-state index contributed by atoms with van der Waals surface area (Å²) in [6.07, 6.45) is 0. The number of anilines is 1. The van der Waals surface area contributed by atoms with E-state index in [-0.39, 0.29) is 0 Å². The summed E-state index contributed by atoms with van der Waals surface area (Å²) in [4.78, 5) is 0. The summed E-state index contributed by atoms with van der Waals surface area (Å²) in [7, 11) is 8.09. The van der Waals surface area contributed by atoms with E-state index >= 15 is 0 Å². The second kappa shape index (κ2) is 3.88. The van der Waals surface area contributed by atoms with Crippen molar-refractivity contribution in [1.82, 2.24) is 0 Å². The molecule has 0 saturated heterocycles.